The maximum Gasteiger partial charge on any atom is 0.282 e. The molecule has 0 unspecified atom stereocenters. The molecule has 0 radical (unpaired) electrons. The van der Waals surface area contributed by atoms with E-state index in [0.717, 1.165) is 5.57 Å². The van der Waals surface area contributed by atoms with Crippen LogP contribution in [0, 0.1) is 5.82 Å². The van der Waals surface area contributed by atoms with Gasteiger partial charge >= 0.3 is 0 Å². The highest BCUT2D eigenvalue weighted by Crippen LogP contribution is 2.45. The molecule has 0 aliphatic heterocycles. The third-order valence-electron chi connectivity index (χ3n) is 4.33. The fraction of sp³-hybridized carbons (Fsp3) is 0.333. The van der Waals surface area contributed by atoms with Crippen molar-refractivity contribution in [2.24, 2.45) is 7.05 Å². The summed E-state index contributed by atoms with van der Waals surface area (Å²) < 4.78 is 41.6. The monoisotopic (exact) mass is 349 g/mol. The van der Waals surface area contributed by atoms with Gasteiger partial charge < -0.3 is 5.32 Å². The predicted molar refractivity (Wildman–Crippen MR) is 89.2 cm³/mol. The standard InChI is InChI=1S/C18H18F3N3O/c1-9-7-18(2,3)14-11(19)5-6-12(13(9)14)22-17(25)10-8-24(4)23-15(10)16(20)21/h5-8,16H,1-4H3,(H,22,25). The molecular weight excluding hydrogens is 331 g/mol. The number of halogens is 3. The quantitative estimate of drug-likeness (QED) is 0.890. The van der Waals surface area contributed by atoms with Gasteiger partial charge in [0.25, 0.3) is 12.3 Å². The summed E-state index contributed by atoms with van der Waals surface area (Å²) in [5.74, 6) is -1.06. The van der Waals surface area contributed by atoms with E-state index in [-0.39, 0.29) is 11.4 Å². The Kier molecular flexibility index (Phi) is 3.97. The molecule has 0 saturated heterocycles. The summed E-state index contributed by atoms with van der Waals surface area (Å²) in [6.07, 6.45) is 0.305. The molecule has 1 amide bonds. The summed E-state index contributed by atoms with van der Waals surface area (Å²) in [5.41, 5.74) is 1.02. The molecule has 1 aliphatic rings. The number of hydrogen-bond donors (Lipinski definition) is 1. The average molecular weight is 349 g/mol. The van der Waals surface area contributed by atoms with Gasteiger partial charge in [-0.3, -0.25) is 9.48 Å². The van der Waals surface area contributed by atoms with Gasteiger partial charge in [0.15, 0.2) is 0 Å². The van der Waals surface area contributed by atoms with E-state index >= 15 is 0 Å². The van der Waals surface area contributed by atoms with Crippen LogP contribution in [-0.2, 0) is 12.5 Å². The van der Waals surface area contributed by atoms with Gasteiger partial charge in [-0.2, -0.15) is 5.10 Å². The molecule has 25 heavy (non-hydrogen) atoms. The molecule has 3 rings (SSSR count). The van der Waals surface area contributed by atoms with Gasteiger partial charge in [0.05, 0.1) is 5.56 Å². The molecular formula is C18H18F3N3O. The summed E-state index contributed by atoms with van der Waals surface area (Å²) in [5, 5.41) is 6.26. The Bertz CT molecular complexity index is 897. The largest absolute Gasteiger partial charge is 0.321 e. The highest BCUT2D eigenvalue weighted by molar-refractivity contribution is 6.06. The molecule has 4 nitrogen and oxygen atoms in total. The number of amides is 1. The Balaban J connectivity index is 2.03. The van der Waals surface area contributed by atoms with E-state index in [2.05, 4.69) is 10.4 Å². The van der Waals surface area contributed by atoms with Crippen LogP contribution in [0.2, 0.25) is 0 Å². The fourth-order valence-corrected chi connectivity index (χ4v) is 3.44. The van der Waals surface area contributed by atoms with Crippen molar-refractivity contribution in [3.8, 4) is 0 Å². The van der Waals surface area contributed by atoms with Gasteiger partial charge in [-0.1, -0.05) is 19.9 Å². The SMILES string of the molecule is CC1=CC(C)(C)c2c(F)ccc(NC(=O)c3cn(C)nc3C(F)F)c21. The van der Waals surface area contributed by atoms with Gasteiger partial charge in [-0.05, 0) is 24.6 Å². The molecule has 0 saturated carbocycles. The lowest BCUT2D eigenvalue weighted by atomic mass is 9.86. The minimum Gasteiger partial charge on any atom is -0.321 e. The number of benzene rings is 1. The molecule has 1 aromatic carbocycles. The van der Waals surface area contributed by atoms with Gasteiger partial charge in [0.2, 0.25) is 0 Å². The van der Waals surface area contributed by atoms with Crippen molar-refractivity contribution in [2.75, 3.05) is 5.32 Å². The van der Waals surface area contributed by atoms with E-state index in [4.69, 9.17) is 0 Å². The van der Waals surface area contributed by atoms with Crippen LogP contribution in [0.25, 0.3) is 5.57 Å². The van der Waals surface area contributed by atoms with E-state index in [0.29, 0.717) is 16.8 Å². The smallest absolute Gasteiger partial charge is 0.282 e. The van der Waals surface area contributed by atoms with Crippen LogP contribution >= 0.6 is 0 Å². The van der Waals surface area contributed by atoms with Crippen molar-refractivity contribution in [3.05, 3.63) is 52.6 Å². The number of alkyl halides is 2. The molecule has 1 aromatic heterocycles. The minimum atomic E-state index is -2.86. The number of aromatic nitrogens is 2. The van der Waals surface area contributed by atoms with Crippen LogP contribution < -0.4 is 5.32 Å². The molecule has 0 spiro atoms. The van der Waals surface area contributed by atoms with E-state index in [1.807, 2.05) is 26.8 Å². The van der Waals surface area contributed by atoms with Crippen molar-refractivity contribution < 1.29 is 18.0 Å². The molecule has 1 heterocycles. The number of rotatable bonds is 3. The van der Waals surface area contributed by atoms with Crippen LogP contribution in [0.15, 0.2) is 24.4 Å². The molecule has 0 atom stereocenters. The second-order valence-corrected chi connectivity index (χ2v) is 6.75. The number of nitrogens with one attached hydrogen (secondary N) is 1. The zero-order chi connectivity index (χ0) is 18.5. The number of fused-ring (bicyclic) bond motifs is 1. The molecule has 2 aromatic rings. The van der Waals surface area contributed by atoms with E-state index < -0.39 is 23.4 Å². The lowest BCUT2D eigenvalue weighted by Gasteiger charge is -2.20. The summed E-state index contributed by atoms with van der Waals surface area (Å²) >= 11 is 0. The van der Waals surface area contributed by atoms with Crippen LogP contribution in [-0.4, -0.2) is 15.7 Å². The summed E-state index contributed by atoms with van der Waals surface area (Å²) in [6, 6.07) is 2.73. The number of nitrogens with zero attached hydrogens (tertiary/aromatic N) is 2. The molecule has 7 heteroatoms. The number of hydrogen-bond acceptors (Lipinski definition) is 2. The summed E-state index contributed by atoms with van der Waals surface area (Å²) in [7, 11) is 1.47. The van der Waals surface area contributed by atoms with Crippen LogP contribution in [0.4, 0.5) is 18.9 Å². The molecule has 0 fully saturated rings. The maximum absolute atomic E-state index is 14.3. The molecule has 132 valence electrons. The van der Waals surface area contributed by atoms with Gasteiger partial charge in [-0.25, -0.2) is 13.2 Å². The first-order valence-electron chi connectivity index (χ1n) is 7.77. The Hall–Kier alpha value is -2.57. The highest BCUT2D eigenvalue weighted by Gasteiger charge is 2.34. The predicted octanol–water partition coefficient (Wildman–Crippen LogP) is 4.44. The zero-order valence-electron chi connectivity index (χ0n) is 14.3. The van der Waals surface area contributed by atoms with Crippen molar-refractivity contribution in [3.63, 3.8) is 0 Å². The van der Waals surface area contributed by atoms with Crippen LogP contribution in [0.1, 0.15) is 54.4 Å². The first-order valence-corrected chi connectivity index (χ1v) is 7.77. The molecule has 1 aliphatic carbocycles. The number of allylic oxidation sites excluding steroid dienone is 2. The first-order chi connectivity index (χ1) is 11.6. The van der Waals surface area contributed by atoms with Crippen LogP contribution in [0.3, 0.4) is 0 Å². The first kappa shape index (κ1) is 17.3. The van der Waals surface area contributed by atoms with Crippen molar-refractivity contribution in [1.82, 2.24) is 9.78 Å². The third-order valence-corrected chi connectivity index (χ3v) is 4.33. The fourth-order valence-electron chi connectivity index (χ4n) is 3.44. The molecule has 1 N–H and O–H groups in total. The summed E-state index contributed by atoms with van der Waals surface area (Å²) in [6.45, 7) is 5.59. The number of anilines is 1. The third kappa shape index (κ3) is 2.83. The zero-order valence-corrected chi connectivity index (χ0v) is 14.3. The van der Waals surface area contributed by atoms with E-state index in [1.54, 1.807) is 0 Å². The van der Waals surface area contributed by atoms with Crippen molar-refractivity contribution in [2.45, 2.75) is 32.6 Å². The lowest BCUT2D eigenvalue weighted by Crippen LogP contribution is -2.17. The van der Waals surface area contributed by atoms with E-state index in [1.165, 1.54) is 30.1 Å². The number of carbonyl (C=O) groups is 1. The lowest BCUT2D eigenvalue weighted by molar-refractivity contribution is 0.101. The Labute approximate surface area is 143 Å². The van der Waals surface area contributed by atoms with E-state index in [9.17, 15) is 18.0 Å². The average Bonchev–Trinajstić information content (AvgIpc) is 3.00. The van der Waals surface area contributed by atoms with Gasteiger partial charge in [0, 0.05) is 35.5 Å². The second-order valence-electron chi connectivity index (χ2n) is 6.75. The Morgan fingerprint density at radius 1 is 1.32 bits per heavy atom. The molecule has 0 bridgehead atoms. The number of carbonyl (C=O) groups excluding carboxylic acids is 1. The minimum absolute atomic E-state index is 0.200. The van der Waals surface area contributed by atoms with Gasteiger partial charge in [0.1, 0.15) is 11.5 Å². The highest BCUT2D eigenvalue weighted by atomic mass is 19.3. The Morgan fingerprint density at radius 2 is 2.00 bits per heavy atom. The summed E-state index contributed by atoms with van der Waals surface area (Å²) in [4.78, 5) is 12.5. The normalized spacial score (nSPS) is 15.3. The van der Waals surface area contributed by atoms with Gasteiger partial charge in [-0.15, -0.1) is 0 Å². The topological polar surface area (TPSA) is 46.9 Å². The maximum atomic E-state index is 14.3. The number of aryl methyl sites for hydroxylation is 1. The second kappa shape index (κ2) is 5.75. The van der Waals surface area contributed by atoms with Crippen molar-refractivity contribution >= 4 is 17.2 Å². The Morgan fingerprint density at radius 3 is 2.64 bits per heavy atom. The van der Waals surface area contributed by atoms with Crippen molar-refractivity contribution in [1.29, 1.82) is 0 Å². The van der Waals surface area contributed by atoms with Crippen LogP contribution in [0.5, 0.6) is 0 Å².